The lowest BCUT2D eigenvalue weighted by atomic mass is 10.0. The maximum Gasteiger partial charge on any atom is 0.322 e. The van der Waals surface area contributed by atoms with Crippen LogP contribution in [0, 0.1) is 0 Å². The molecule has 0 aromatic heterocycles. The van der Waals surface area contributed by atoms with E-state index >= 15 is 0 Å². The van der Waals surface area contributed by atoms with Gasteiger partial charge >= 0.3 is 5.97 Å². The van der Waals surface area contributed by atoms with Gasteiger partial charge < -0.3 is 9.84 Å². The second-order valence-electron chi connectivity index (χ2n) is 4.68. The number of phenols is 1. The van der Waals surface area contributed by atoms with Crippen molar-refractivity contribution in [3.63, 3.8) is 0 Å². The average molecular weight is 235 g/mol. The molecule has 1 atom stereocenters. The highest BCUT2D eigenvalue weighted by atomic mass is 16.6. The van der Waals surface area contributed by atoms with Crippen molar-refractivity contribution < 1.29 is 19.4 Å². The average Bonchev–Trinajstić information content (AvgIpc) is 2.19. The molecule has 1 rings (SSSR count). The van der Waals surface area contributed by atoms with Gasteiger partial charge in [0, 0.05) is 0 Å². The van der Waals surface area contributed by atoms with Gasteiger partial charge in [0.1, 0.15) is 17.3 Å². The molecule has 0 aliphatic rings. The minimum absolute atomic E-state index is 0.0718. The molecule has 0 aliphatic heterocycles. The topological polar surface area (TPSA) is 63.6 Å². The first-order valence-electron chi connectivity index (χ1n) is 5.23. The maximum atomic E-state index is 11.7. The first-order valence-corrected chi connectivity index (χ1v) is 5.23. The molecule has 1 radical (unpaired) electrons. The van der Waals surface area contributed by atoms with Crippen molar-refractivity contribution in [1.29, 1.82) is 0 Å². The highest BCUT2D eigenvalue weighted by Crippen LogP contribution is 2.21. The van der Waals surface area contributed by atoms with Crippen molar-refractivity contribution >= 4 is 12.3 Å². The lowest BCUT2D eigenvalue weighted by Crippen LogP contribution is -2.28. The van der Waals surface area contributed by atoms with E-state index in [0.29, 0.717) is 5.56 Å². The van der Waals surface area contributed by atoms with Gasteiger partial charge in [-0.25, -0.2) is 0 Å². The summed E-state index contributed by atoms with van der Waals surface area (Å²) in [6, 6.07) is 5.80. The van der Waals surface area contributed by atoms with E-state index in [1.54, 1.807) is 27.1 Å². The Morgan fingerprint density at radius 1 is 1.29 bits per heavy atom. The molecule has 91 valence electrons. The normalized spacial score (nSPS) is 12.9. The number of hydrogen-bond donors (Lipinski definition) is 1. The van der Waals surface area contributed by atoms with Gasteiger partial charge in [-0.05, 0) is 38.5 Å². The third-order valence-corrected chi connectivity index (χ3v) is 1.99. The molecule has 4 heteroatoms. The van der Waals surface area contributed by atoms with Crippen LogP contribution in [0.3, 0.4) is 0 Å². The quantitative estimate of drug-likeness (QED) is 0.642. The second-order valence-corrected chi connectivity index (χ2v) is 4.68. The molecule has 1 aromatic rings. The second kappa shape index (κ2) is 4.99. The molecule has 0 heterocycles. The van der Waals surface area contributed by atoms with Crippen molar-refractivity contribution in [1.82, 2.24) is 0 Å². The monoisotopic (exact) mass is 235 g/mol. The van der Waals surface area contributed by atoms with Gasteiger partial charge in [0.15, 0.2) is 0 Å². The van der Waals surface area contributed by atoms with Gasteiger partial charge in [0.2, 0.25) is 6.29 Å². The van der Waals surface area contributed by atoms with Crippen molar-refractivity contribution in [3.8, 4) is 5.75 Å². The first-order chi connectivity index (χ1) is 7.83. The third kappa shape index (κ3) is 3.90. The zero-order valence-corrected chi connectivity index (χ0v) is 10.1. The van der Waals surface area contributed by atoms with Gasteiger partial charge in [-0.1, -0.05) is 12.1 Å². The fourth-order valence-corrected chi connectivity index (χ4v) is 1.28. The molecule has 0 aliphatic carbocycles. The summed E-state index contributed by atoms with van der Waals surface area (Å²) in [5.74, 6) is -1.64. The first kappa shape index (κ1) is 13.2. The lowest BCUT2D eigenvalue weighted by molar-refractivity contribution is -0.154. The number of carbonyl (C=O) groups is 1. The Hall–Kier alpha value is -1.84. The number of benzene rings is 1. The molecule has 0 saturated carbocycles. The number of aromatic hydroxyl groups is 1. The van der Waals surface area contributed by atoms with E-state index in [1.807, 2.05) is 0 Å². The van der Waals surface area contributed by atoms with Crippen molar-refractivity contribution in [2.75, 3.05) is 0 Å². The Morgan fingerprint density at radius 2 is 1.82 bits per heavy atom. The number of hydrogen-bond acceptors (Lipinski definition) is 4. The Balaban J connectivity index is 2.88. The summed E-state index contributed by atoms with van der Waals surface area (Å²) in [6.45, 7) is 5.18. The smallest absolute Gasteiger partial charge is 0.322 e. The molecule has 1 aromatic carbocycles. The third-order valence-electron chi connectivity index (χ3n) is 1.99. The van der Waals surface area contributed by atoms with E-state index in [9.17, 15) is 9.59 Å². The SMILES string of the molecule is CC(C)(C)OC(=O)C([C]=O)c1ccc(O)cc1. The Labute approximate surface area is 100 Å². The van der Waals surface area contributed by atoms with E-state index in [0.717, 1.165) is 0 Å². The summed E-state index contributed by atoms with van der Waals surface area (Å²) in [4.78, 5) is 22.6. The zero-order valence-electron chi connectivity index (χ0n) is 10.1. The molecule has 4 nitrogen and oxygen atoms in total. The van der Waals surface area contributed by atoms with Crippen LogP contribution in [0.4, 0.5) is 0 Å². The highest BCUT2D eigenvalue weighted by molar-refractivity contribution is 5.94. The van der Waals surface area contributed by atoms with Crippen LogP contribution in [0.15, 0.2) is 24.3 Å². The van der Waals surface area contributed by atoms with Gasteiger partial charge in [0.25, 0.3) is 0 Å². The predicted octanol–water partition coefficient (Wildman–Crippen LogP) is 1.93. The van der Waals surface area contributed by atoms with Crippen molar-refractivity contribution in [2.45, 2.75) is 32.3 Å². The van der Waals surface area contributed by atoms with E-state index in [-0.39, 0.29) is 5.75 Å². The minimum Gasteiger partial charge on any atom is -0.508 e. The van der Waals surface area contributed by atoms with Crippen LogP contribution in [-0.2, 0) is 14.3 Å². The number of phenolic OH excluding ortho intramolecular Hbond substituents is 1. The lowest BCUT2D eigenvalue weighted by Gasteiger charge is -2.21. The predicted molar refractivity (Wildman–Crippen MR) is 62.4 cm³/mol. The van der Waals surface area contributed by atoms with E-state index in [2.05, 4.69) is 0 Å². The van der Waals surface area contributed by atoms with E-state index in [4.69, 9.17) is 9.84 Å². The summed E-state index contributed by atoms with van der Waals surface area (Å²) < 4.78 is 5.11. The zero-order chi connectivity index (χ0) is 13.1. The fourth-order valence-electron chi connectivity index (χ4n) is 1.28. The molecule has 0 spiro atoms. The molecule has 0 amide bonds. The van der Waals surface area contributed by atoms with Crippen LogP contribution >= 0.6 is 0 Å². The molecule has 1 unspecified atom stereocenters. The van der Waals surface area contributed by atoms with Crippen LogP contribution in [0.2, 0.25) is 0 Å². The highest BCUT2D eigenvalue weighted by Gasteiger charge is 2.26. The maximum absolute atomic E-state index is 11.7. The minimum atomic E-state index is -1.07. The molecular weight excluding hydrogens is 220 g/mol. The number of rotatable bonds is 3. The summed E-state index contributed by atoms with van der Waals surface area (Å²) in [5, 5.41) is 9.12. The van der Waals surface area contributed by atoms with Crippen molar-refractivity contribution in [3.05, 3.63) is 29.8 Å². The Bertz CT molecular complexity index is 400. The van der Waals surface area contributed by atoms with Crippen LogP contribution in [0.1, 0.15) is 32.3 Å². The molecule has 1 N–H and O–H groups in total. The summed E-state index contributed by atoms with van der Waals surface area (Å²) in [7, 11) is 0. The summed E-state index contributed by atoms with van der Waals surface area (Å²) in [6.07, 6.45) is 1.65. The van der Waals surface area contributed by atoms with Crippen molar-refractivity contribution in [2.24, 2.45) is 0 Å². The van der Waals surface area contributed by atoms with E-state index in [1.165, 1.54) is 24.3 Å². The number of esters is 1. The van der Waals surface area contributed by atoms with Gasteiger partial charge in [-0.15, -0.1) is 0 Å². The molecular formula is C13H15O4. The van der Waals surface area contributed by atoms with Crippen LogP contribution in [-0.4, -0.2) is 23.0 Å². The van der Waals surface area contributed by atoms with Crippen LogP contribution < -0.4 is 0 Å². The number of carbonyl (C=O) groups excluding carboxylic acids is 2. The molecule has 0 saturated heterocycles. The molecule has 17 heavy (non-hydrogen) atoms. The fraction of sp³-hybridized carbons (Fsp3) is 0.385. The summed E-state index contributed by atoms with van der Waals surface area (Å²) in [5.41, 5.74) is -0.199. The standard InChI is InChI=1S/C13H15O4/c1-13(2,3)17-12(16)11(8-14)9-4-6-10(15)7-5-9/h4-7,11,15H,1-3H3. The van der Waals surface area contributed by atoms with Gasteiger partial charge in [-0.3, -0.25) is 9.59 Å². The Kier molecular flexibility index (Phi) is 3.89. The van der Waals surface area contributed by atoms with E-state index < -0.39 is 17.5 Å². The van der Waals surface area contributed by atoms with Gasteiger partial charge in [-0.2, -0.15) is 0 Å². The molecule has 0 fully saturated rings. The van der Waals surface area contributed by atoms with Crippen LogP contribution in [0.5, 0.6) is 5.75 Å². The van der Waals surface area contributed by atoms with Gasteiger partial charge in [0.05, 0.1) is 0 Å². The number of ether oxygens (including phenoxy) is 1. The largest absolute Gasteiger partial charge is 0.508 e. The molecule has 0 bridgehead atoms. The summed E-state index contributed by atoms with van der Waals surface area (Å²) >= 11 is 0. The van der Waals surface area contributed by atoms with Crippen LogP contribution in [0.25, 0.3) is 0 Å². The Morgan fingerprint density at radius 3 is 2.24 bits per heavy atom.